The zero-order chi connectivity index (χ0) is 23.8. The van der Waals surface area contributed by atoms with Gasteiger partial charge in [-0.05, 0) is 62.8 Å². The molecule has 0 bridgehead atoms. The van der Waals surface area contributed by atoms with Gasteiger partial charge >= 0.3 is 0 Å². The maximum absolute atomic E-state index is 13.9. The molecule has 1 saturated carbocycles. The van der Waals surface area contributed by atoms with Gasteiger partial charge in [-0.25, -0.2) is 8.78 Å². The molecule has 1 aliphatic heterocycles. The molecular formula is C25H36F2N4O. The lowest BCUT2D eigenvalue weighted by Gasteiger charge is -2.26. The SMILES string of the molecule is CC.CN.Cc1ncc(C(=O)NCC2CC2)c(N2CCC(C)C2)c1-c1cc(F)cc(F)c1. The van der Waals surface area contributed by atoms with Crippen LogP contribution in [0.4, 0.5) is 14.5 Å². The summed E-state index contributed by atoms with van der Waals surface area (Å²) in [6.45, 7) is 10.2. The van der Waals surface area contributed by atoms with Gasteiger partial charge in [0, 0.05) is 43.2 Å². The highest BCUT2D eigenvalue weighted by atomic mass is 19.1. The Kier molecular flexibility index (Phi) is 9.57. The molecule has 1 atom stereocenters. The third-order valence-electron chi connectivity index (χ3n) is 5.63. The van der Waals surface area contributed by atoms with Gasteiger partial charge in [0.2, 0.25) is 0 Å². The molecule has 0 spiro atoms. The molecule has 2 aliphatic rings. The van der Waals surface area contributed by atoms with Crippen molar-refractivity contribution < 1.29 is 13.6 Å². The van der Waals surface area contributed by atoms with Gasteiger partial charge in [-0.15, -0.1) is 0 Å². The molecule has 1 amide bonds. The van der Waals surface area contributed by atoms with Crippen LogP contribution < -0.4 is 16.0 Å². The van der Waals surface area contributed by atoms with Gasteiger partial charge in [-0.3, -0.25) is 9.78 Å². The third-order valence-corrected chi connectivity index (χ3v) is 5.63. The van der Waals surface area contributed by atoms with E-state index in [1.165, 1.54) is 19.2 Å². The highest BCUT2D eigenvalue weighted by Crippen LogP contribution is 2.39. The maximum atomic E-state index is 13.9. The highest BCUT2D eigenvalue weighted by Gasteiger charge is 2.29. The van der Waals surface area contributed by atoms with Crippen molar-refractivity contribution in [3.63, 3.8) is 0 Å². The summed E-state index contributed by atoms with van der Waals surface area (Å²) < 4.78 is 27.9. The van der Waals surface area contributed by atoms with Crippen LogP contribution in [0.1, 0.15) is 56.1 Å². The molecule has 2 aromatic rings. The van der Waals surface area contributed by atoms with Gasteiger partial charge in [-0.1, -0.05) is 20.8 Å². The van der Waals surface area contributed by atoms with Crippen molar-refractivity contribution in [1.29, 1.82) is 0 Å². The topological polar surface area (TPSA) is 71.2 Å². The van der Waals surface area contributed by atoms with Crippen LogP contribution in [0.2, 0.25) is 0 Å². The number of hydrogen-bond donors (Lipinski definition) is 2. The largest absolute Gasteiger partial charge is 0.370 e. The summed E-state index contributed by atoms with van der Waals surface area (Å²) in [7, 11) is 1.50. The van der Waals surface area contributed by atoms with Gasteiger partial charge < -0.3 is 16.0 Å². The molecule has 7 heteroatoms. The van der Waals surface area contributed by atoms with E-state index in [9.17, 15) is 13.6 Å². The number of anilines is 1. The van der Waals surface area contributed by atoms with E-state index in [1.54, 1.807) is 6.20 Å². The summed E-state index contributed by atoms with van der Waals surface area (Å²) in [6, 6.07) is 3.47. The van der Waals surface area contributed by atoms with Crippen LogP contribution >= 0.6 is 0 Å². The molecule has 1 saturated heterocycles. The first-order valence-corrected chi connectivity index (χ1v) is 11.5. The van der Waals surface area contributed by atoms with Gasteiger partial charge in [0.05, 0.1) is 11.3 Å². The van der Waals surface area contributed by atoms with Gasteiger partial charge in [0.1, 0.15) is 11.6 Å². The van der Waals surface area contributed by atoms with E-state index >= 15 is 0 Å². The normalized spacial score (nSPS) is 17.1. The number of pyridine rings is 1. The number of nitrogens with one attached hydrogen (secondary N) is 1. The molecular weight excluding hydrogens is 410 g/mol. The molecule has 4 rings (SSSR count). The first kappa shape index (κ1) is 25.7. The van der Waals surface area contributed by atoms with Crippen molar-refractivity contribution >= 4 is 11.6 Å². The molecule has 1 aromatic carbocycles. The van der Waals surface area contributed by atoms with Gasteiger partial charge in [0.15, 0.2) is 0 Å². The zero-order valence-electron chi connectivity index (χ0n) is 19.8. The van der Waals surface area contributed by atoms with Crippen molar-refractivity contribution in [3.8, 4) is 11.1 Å². The van der Waals surface area contributed by atoms with Crippen LogP contribution in [0.5, 0.6) is 0 Å². The fraction of sp³-hybridized carbons (Fsp3) is 0.520. The van der Waals surface area contributed by atoms with E-state index in [2.05, 4.69) is 27.9 Å². The van der Waals surface area contributed by atoms with E-state index < -0.39 is 11.6 Å². The average molecular weight is 447 g/mol. The number of carbonyl (C=O) groups excluding carboxylic acids is 1. The first-order chi connectivity index (χ1) is 15.4. The Hall–Kier alpha value is -2.54. The van der Waals surface area contributed by atoms with Crippen molar-refractivity contribution in [3.05, 3.63) is 47.3 Å². The lowest BCUT2D eigenvalue weighted by molar-refractivity contribution is 0.0952. The summed E-state index contributed by atoms with van der Waals surface area (Å²) in [6.07, 6.45) is 4.91. The van der Waals surface area contributed by atoms with Crippen LogP contribution in [-0.2, 0) is 0 Å². The Morgan fingerprint density at radius 2 is 1.78 bits per heavy atom. The summed E-state index contributed by atoms with van der Waals surface area (Å²) >= 11 is 0. The molecule has 2 fully saturated rings. The minimum atomic E-state index is -0.640. The second-order valence-corrected chi connectivity index (χ2v) is 8.13. The standard InChI is InChI=1S/C22H25F2N3O.C2H6.CH5N/c1-13-5-6-27(12-13)21-19(22(28)26-10-15-3-4-15)11-25-14(2)20(21)16-7-17(23)9-18(24)8-16;2*1-2/h7-9,11,13,15H,3-6,10,12H2,1-2H3,(H,26,28);1-2H3;2H2,1H3. The van der Waals surface area contributed by atoms with E-state index in [0.29, 0.717) is 40.8 Å². The number of aromatic nitrogens is 1. The number of rotatable bonds is 5. The summed E-state index contributed by atoms with van der Waals surface area (Å²) in [5.41, 5.74) is 7.40. The molecule has 5 nitrogen and oxygen atoms in total. The van der Waals surface area contributed by atoms with Gasteiger partial charge in [0.25, 0.3) is 5.91 Å². The summed E-state index contributed by atoms with van der Waals surface area (Å²) in [5.74, 6) is -0.396. The summed E-state index contributed by atoms with van der Waals surface area (Å²) in [5, 5.41) is 3.00. The minimum Gasteiger partial charge on any atom is -0.370 e. The smallest absolute Gasteiger partial charge is 0.254 e. The van der Waals surface area contributed by atoms with Crippen LogP contribution in [0.3, 0.4) is 0 Å². The molecule has 176 valence electrons. The van der Waals surface area contributed by atoms with Crippen molar-refractivity contribution in [2.45, 2.75) is 47.0 Å². The molecule has 0 radical (unpaired) electrons. The Bertz CT molecular complexity index is 895. The lowest BCUT2D eigenvalue weighted by atomic mass is 9.98. The van der Waals surface area contributed by atoms with Crippen LogP contribution in [-0.4, -0.2) is 37.6 Å². The van der Waals surface area contributed by atoms with Crippen molar-refractivity contribution in [2.24, 2.45) is 17.6 Å². The number of hydrogen-bond acceptors (Lipinski definition) is 4. The second-order valence-electron chi connectivity index (χ2n) is 8.13. The number of amides is 1. The van der Waals surface area contributed by atoms with Crippen LogP contribution in [0, 0.1) is 30.4 Å². The number of nitrogens with two attached hydrogens (primary N) is 1. The number of halogens is 2. The molecule has 1 unspecified atom stereocenters. The average Bonchev–Trinajstić information content (AvgIpc) is 3.52. The fourth-order valence-corrected chi connectivity index (χ4v) is 3.92. The van der Waals surface area contributed by atoms with Crippen molar-refractivity contribution in [2.75, 3.05) is 31.6 Å². The fourth-order valence-electron chi connectivity index (χ4n) is 3.92. The van der Waals surface area contributed by atoms with E-state index in [4.69, 9.17) is 0 Å². The highest BCUT2D eigenvalue weighted by molar-refractivity contribution is 6.03. The Balaban J connectivity index is 0.000000860. The number of benzene rings is 1. The molecule has 1 aromatic heterocycles. The number of nitrogens with zero attached hydrogens (tertiary/aromatic N) is 2. The monoisotopic (exact) mass is 446 g/mol. The Morgan fingerprint density at radius 3 is 2.31 bits per heavy atom. The van der Waals surface area contributed by atoms with Gasteiger partial charge in [-0.2, -0.15) is 0 Å². The predicted octanol–water partition coefficient (Wildman–Crippen LogP) is 4.92. The quantitative estimate of drug-likeness (QED) is 0.684. The van der Waals surface area contributed by atoms with Crippen LogP contribution in [0.15, 0.2) is 24.4 Å². The molecule has 32 heavy (non-hydrogen) atoms. The third kappa shape index (κ3) is 6.25. The van der Waals surface area contributed by atoms with E-state index in [1.807, 2.05) is 20.8 Å². The predicted molar refractivity (Wildman–Crippen MR) is 127 cm³/mol. The molecule has 2 heterocycles. The maximum Gasteiger partial charge on any atom is 0.254 e. The lowest BCUT2D eigenvalue weighted by Crippen LogP contribution is -2.30. The first-order valence-electron chi connectivity index (χ1n) is 11.5. The second kappa shape index (κ2) is 11.9. The molecule has 3 N–H and O–H groups in total. The zero-order valence-corrected chi connectivity index (χ0v) is 19.8. The van der Waals surface area contributed by atoms with E-state index in [-0.39, 0.29) is 5.91 Å². The van der Waals surface area contributed by atoms with Crippen LogP contribution in [0.25, 0.3) is 11.1 Å². The van der Waals surface area contributed by atoms with Crippen molar-refractivity contribution in [1.82, 2.24) is 10.3 Å². The van der Waals surface area contributed by atoms with E-state index in [0.717, 1.165) is 44.1 Å². The Labute approximate surface area is 190 Å². The minimum absolute atomic E-state index is 0.174. The molecule has 1 aliphatic carbocycles. The Morgan fingerprint density at radius 1 is 1.16 bits per heavy atom. The summed E-state index contributed by atoms with van der Waals surface area (Å²) in [4.78, 5) is 19.5. The number of aryl methyl sites for hydroxylation is 1. The number of carbonyl (C=O) groups is 1.